The van der Waals surface area contributed by atoms with Crippen LogP contribution in [0.5, 0.6) is 5.75 Å². The maximum atomic E-state index is 12.1. The van der Waals surface area contributed by atoms with Crippen molar-refractivity contribution in [3.8, 4) is 16.9 Å². The van der Waals surface area contributed by atoms with Gasteiger partial charge in [0.2, 0.25) is 0 Å². The van der Waals surface area contributed by atoms with E-state index in [0.717, 1.165) is 16.0 Å². The highest BCUT2D eigenvalue weighted by Gasteiger charge is 2.44. The van der Waals surface area contributed by atoms with Crippen LogP contribution in [-0.4, -0.2) is 46.7 Å². The van der Waals surface area contributed by atoms with E-state index in [2.05, 4.69) is 5.32 Å². The van der Waals surface area contributed by atoms with E-state index >= 15 is 0 Å². The van der Waals surface area contributed by atoms with E-state index in [4.69, 9.17) is 4.74 Å². The van der Waals surface area contributed by atoms with Crippen LogP contribution in [0.2, 0.25) is 0 Å². The summed E-state index contributed by atoms with van der Waals surface area (Å²) in [6.45, 7) is 3.14. The van der Waals surface area contributed by atoms with Crippen LogP contribution >= 0.6 is 0 Å². The van der Waals surface area contributed by atoms with Crippen LogP contribution < -0.4 is 10.1 Å². The van der Waals surface area contributed by atoms with Gasteiger partial charge in [0.05, 0.1) is 6.54 Å². The first kappa shape index (κ1) is 17.9. The van der Waals surface area contributed by atoms with E-state index in [1.54, 1.807) is 19.9 Å². The molecule has 0 spiro atoms. The number of benzene rings is 2. The first-order chi connectivity index (χ1) is 12.4. The fourth-order valence-corrected chi connectivity index (χ4v) is 2.84. The maximum absolute atomic E-state index is 12.1. The van der Waals surface area contributed by atoms with E-state index < -0.39 is 17.7 Å². The summed E-state index contributed by atoms with van der Waals surface area (Å²) in [4.78, 5) is 25.0. The Balaban J connectivity index is 1.59. The van der Waals surface area contributed by atoms with Crippen molar-refractivity contribution >= 4 is 11.9 Å². The zero-order valence-corrected chi connectivity index (χ0v) is 14.8. The summed E-state index contributed by atoms with van der Waals surface area (Å²) in [6.07, 6.45) is -0.973. The molecule has 26 heavy (non-hydrogen) atoms. The summed E-state index contributed by atoms with van der Waals surface area (Å²) in [5, 5.41) is 12.7. The van der Waals surface area contributed by atoms with E-state index in [9.17, 15) is 14.7 Å². The van der Waals surface area contributed by atoms with E-state index in [1.807, 2.05) is 48.5 Å². The molecule has 2 N–H and O–H groups in total. The van der Waals surface area contributed by atoms with Crippen LogP contribution in [0.1, 0.15) is 13.8 Å². The molecular weight excluding hydrogens is 332 g/mol. The molecule has 6 nitrogen and oxygen atoms in total. The summed E-state index contributed by atoms with van der Waals surface area (Å²) < 4.78 is 5.64. The van der Waals surface area contributed by atoms with Crippen LogP contribution in [0.3, 0.4) is 0 Å². The largest absolute Gasteiger partial charge is 0.491 e. The molecule has 0 aromatic heterocycles. The summed E-state index contributed by atoms with van der Waals surface area (Å²) in [7, 11) is 0. The van der Waals surface area contributed by atoms with E-state index in [1.165, 1.54) is 0 Å². The fraction of sp³-hybridized carbons (Fsp3) is 0.300. The number of nitrogens with one attached hydrogen (secondary N) is 1. The molecule has 1 fully saturated rings. The maximum Gasteiger partial charge on any atom is 0.325 e. The van der Waals surface area contributed by atoms with Crippen LogP contribution in [0.25, 0.3) is 11.1 Å². The minimum Gasteiger partial charge on any atom is -0.491 e. The molecule has 136 valence electrons. The lowest BCUT2D eigenvalue weighted by atomic mass is 10.1. The zero-order chi connectivity index (χ0) is 18.7. The van der Waals surface area contributed by atoms with Crippen molar-refractivity contribution in [2.75, 3.05) is 13.2 Å². The molecule has 1 aliphatic heterocycles. The summed E-state index contributed by atoms with van der Waals surface area (Å²) >= 11 is 0. The average Bonchev–Trinajstić information content (AvgIpc) is 2.83. The smallest absolute Gasteiger partial charge is 0.325 e. The minimum atomic E-state index is -0.973. The highest BCUT2D eigenvalue weighted by atomic mass is 16.5. The van der Waals surface area contributed by atoms with Crippen LogP contribution in [0, 0.1) is 0 Å². The van der Waals surface area contributed by atoms with Crippen LogP contribution in [-0.2, 0) is 4.79 Å². The van der Waals surface area contributed by atoms with Gasteiger partial charge in [0.15, 0.2) is 0 Å². The summed E-state index contributed by atoms with van der Waals surface area (Å²) in [6, 6.07) is 17.0. The van der Waals surface area contributed by atoms with Crippen molar-refractivity contribution < 1.29 is 19.4 Å². The van der Waals surface area contributed by atoms with E-state index in [-0.39, 0.29) is 19.1 Å². The number of hydrogen-bond donors (Lipinski definition) is 2. The Kier molecular flexibility index (Phi) is 4.95. The van der Waals surface area contributed by atoms with Gasteiger partial charge in [-0.3, -0.25) is 9.69 Å². The summed E-state index contributed by atoms with van der Waals surface area (Å²) in [5.41, 5.74) is 1.13. The molecule has 1 saturated heterocycles. The van der Waals surface area contributed by atoms with Gasteiger partial charge in [0, 0.05) is 0 Å². The number of aliphatic hydroxyl groups excluding tert-OH is 1. The Labute approximate surface area is 152 Å². The molecule has 1 heterocycles. The number of β-amino-alcohol motifs (C(OH)–C–C–N with tert-alkyl or cyclic N) is 1. The molecule has 0 radical (unpaired) electrons. The predicted molar refractivity (Wildman–Crippen MR) is 97.7 cm³/mol. The number of rotatable bonds is 6. The number of aliphatic hydroxyl groups is 1. The fourth-order valence-electron chi connectivity index (χ4n) is 2.84. The van der Waals surface area contributed by atoms with Crippen molar-refractivity contribution in [3.05, 3.63) is 54.6 Å². The second-order valence-electron chi connectivity index (χ2n) is 6.83. The van der Waals surface area contributed by atoms with Gasteiger partial charge in [-0.25, -0.2) is 4.79 Å². The van der Waals surface area contributed by atoms with Gasteiger partial charge in [-0.1, -0.05) is 42.5 Å². The number of carbonyl (C=O) groups excluding carboxylic acids is 2. The lowest BCUT2D eigenvalue weighted by Crippen LogP contribution is -2.42. The van der Waals surface area contributed by atoms with Gasteiger partial charge in [0.1, 0.15) is 24.0 Å². The van der Waals surface area contributed by atoms with Crippen molar-refractivity contribution in [2.45, 2.75) is 25.5 Å². The van der Waals surface area contributed by atoms with E-state index in [0.29, 0.717) is 5.75 Å². The predicted octanol–water partition coefficient (Wildman–Crippen LogP) is 2.42. The quantitative estimate of drug-likeness (QED) is 0.781. The van der Waals surface area contributed by atoms with Gasteiger partial charge >= 0.3 is 6.03 Å². The monoisotopic (exact) mass is 354 g/mol. The normalized spacial score (nSPS) is 17.1. The number of hydrogen-bond acceptors (Lipinski definition) is 4. The Morgan fingerprint density at radius 3 is 2.42 bits per heavy atom. The topological polar surface area (TPSA) is 78.9 Å². The average molecular weight is 354 g/mol. The molecule has 0 aliphatic carbocycles. The third-order valence-corrected chi connectivity index (χ3v) is 4.22. The number of ether oxygens (including phenoxy) is 1. The number of amides is 3. The molecule has 6 heteroatoms. The van der Waals surface area contributed by atoms with Gasteiger partial charge in [0.25, 0.3) is 5.91 Å². The lowest BCUT2D eigenvalue weighted by Gasteiger charge is -2.19. The highest BCUT2D eigenvalue weighted by molar-refractivity contribution is 6.06. The number of nitrogens with zero attached hydrogens (tertiary/aromatic N) is 1. The standard InChI is InChI=1S/C20H22N2O4/c1-20(2)18(24)22(19(25)21-20)12-16(23)13-26-17-10-6-9-15(11-17)14-7-4-3-5-8-14/h3-11,16,23H,12-13H2,1-2H3,(H,21,25). The molecule has 3 amide bonds. The number of urea groups is 1. The molecule has 1 atom stereocenters. The first-order valence-corrected chi connectivity index (χ1v) is 8.47. The SMILES string of the molecule is CC1(C)NC(=O)N(CC(O)COc2cccc(-c3ccccc3)c2)C1=O. The lowest BCUT2D eigenvalue weighted by molar-refractivity contribution is -0.131. The summed E-state index contributed by atoms with van der Waals surface area (Å²) in [5.74, 6) is 0.260. The number of imide groups is 1. The van der Waals surface area contributed by atoms with Crippen molar-refractivity contribution in [3.63, 3.8) is 0 Å². The zero-order valence-electron chi connectivity index (χ0n) is 14.8. The van der Waals surface area contributed by atoms with Gasteiger partial charge in [-0.05, 0) is 37.1 Å². The third kappa shape index (κ3) is 3.86. The second-order valence-corrected chi connectivity index (χ2v) is 6.83. The molecule has 1 unspecified atom stereocenters. The molecule has 2 aromatic rings. The Morgan fingerprint density at radius 2 is 1.77 bits per heavy atom. The van der Waals surface area contributed by atoms with Crippen LogP contribution in [0.15, 0.2) is 54.6 Å². The van der Waals surface area contributed by atoms with Crippen molar-refractivity contribution in [2.24, 2.45) is 0 Å². The van der Waals surface area contributed by atoms with Crippen molar-refractivity contribution in [1.82, 2.24) is 10.2 Å². The molecule has 1 aliphatic rings. The number of carbonyl (C=O) groups is 2. The Hall–Kier alpha value is -2.86. The van der Waals surface area contributed by atoms with Crippen molar-refractivity contribution in [1.29, 1.82) is 0 Å². The molecule has 3 rings (SSSR count). The second kappa shape index (κ2) is 7.17. The van der Waals surface area contributed by atoms with Gasteiger partial charge < -0.3 is 15.2 Å². The third-order valence-electron chi connectivity index (χ3n) is 4.22. The van der Waals surface area contributed by atoms with Gasteiger partial charge in [-0.15, -0.1) is 0 Å². The molecule has 0 bridgehead atoms. The highest BCUT2D eigenvalue weighted by Crippen LogP contribution is 2.24. The Morgan fingerprint density at radius 1 is 1.08 bits per heavy atom. The van der Waals surface area contributed by atoms with Gasteiger partial charge in [-0.2, -0.15) is 0 Å². The Bertz CT molecular complexity index is 804. The first-order valence-electron chi connectivity index (χ1n) is 8.47. The molecular formula is C20H22N2O4. The molecule has 2 aromatic carbocycles. The minimum absolute atomic E-state index is 0.0181. The molecule has 0 saturated carbocycles. The van der Waals surface area contributed by atoms with Crippen LogP contribution in [0.4, 0.5) is 4.79 Å².